The first-order valence-corrected chi connectivity index (χ1v) is 4.46. The zero-order chi connectivity index (χ0) is 9.26. The van der Waals surface area contributed by atoms with E-state index in [1.54, 1.807) is 7.11 Å². The second-order valence-electron chi connectivity index (χ2n) is 3.36. The van der Waals surface area contributed by atoms with Gasteiger partial charge in [-0.2, -0.15) is 5.10 Å². The molecule has 2 N–H and O–H groups in total. The molecule has 1 aliphatic heterocycles. The Kier molecular flexibility index (Phi) is 2.28. The number of rotatable bonds is 2. The van der Waals surface area contributed by atoms with Gasteiger partial charge in [0, 0.05) is 19.6 Å². The molecule has 0 radical (unpaired) electrons. The second kappa shape index (κ2) is 3.43. The predicted molar refractivity (Wildman–Crippen MR) is 47.0 cm³/mol. The van der Waals surface area contributed by atoms with E-state index < -0.39 is 0 Å². The Hall–Kier alpha value is -0.940. The summed E-state index contributed by atoms with van der Waals surface area (Å²) >= 11 is 0. The maximum Gasteiger partial charge on any atom is 0.176 e. The molecule has 2 heterocycles. The van der Waals surface area contributed by atoms with Crippen LogP contribution in [-0.4, -0.2) is 27.9 Å². The van der Waals surface area contributed by atoms with Crippen LogP contribution in [0, 0.1) is 0 Å². The molecule has 72 valence electrons. The minimum absolute atomic E-state index is 0.226. The van der Waals surface area contributed by atoms with Gasteiger partial charge in [0.25, 0.3) is 0 Å². The number of methoxy groups -OCH3 is 1. The first-order valence-electron chi connectivity index (χ1n) is 4.46. The van der Waals surface area contributed by atoms with Crippen molar-refractivity contribution in [1.82, 2.24) is 14.8 Å². The topological polar surface area (TPSA) is 66.0 Å². The van der Waals surface area contributed by atoms with Crippen molar-refractivity contribution in [2.75, 3.05) is 7.11 Å². The Labute approximate surface area is 76.9 Å². The summed E-state index contributed by atoms with van der Waals surface area (Å²) in [5.74, 6) is 1.79. The van der Waals surface area contributed by atoms with E-state index in [2.05, 4.69) is 10.1 Å². The Morgan fingerprint density at radius 3 is 3.31 bits per heavy atom. The van der Waals surface area contributed by atoms with Gasteiger partial charge in [0.05, 0.1) is 6.54 Å². The van der Waals surface area contributed by atoms with Crippen molar-refractivity contribution in [1.29, 1.82) is 0 Å². The molecule has 0 fully saturated rings. The van der Waals surface area contributed by atoms with Gasteiger partial charge in [0.2, 0.25) is 0 Å². The highest BCUT2D eigenvalue weighted by Gasteiger charge is 2.18. The van der Waals surface area contributed by atoms with Crippen LogP contribution in [-0.2, 0) is 24.3 Å². The fourth-order valence-corrected chi connectivity index (χ4v) is 1.58. The third kappa shape index (κ3) is 1.71. The molecular weight excluding hydrogens is 168 g/mol. The van der Waals surface area contributed by atoms with Crippen LogP contribution in [0.4, 0.5) is 0 Å². The molecule has 5 nitrogen and oxygen atoms in total. The van der Waals surface area contributed by atoms with E-state index in [0.29, 0.717) is 6.61 Å². The van der Waals surface area contributed by atoms with Crippen LogP contribution in [0.15, 0.2) is 0 Å². The van der Waals surface area contributed by atoms with E-state index in [1.807, 2.05) is 4.68 Å². The van der Waals surface area contributed by atoms with Crippen molar-refractivity contribution < 1.29 is 4.74 Å². The summed E-state index contributed by atoms with van der Waals surface area (Å²) in [7, 11) is 1.64. The Bertz CT molecular complexity index is 296. The third-order valence-corrected chi connectivity index (χ3v) is 2.21. The largest absolute Gasteiger partial charge is 0.377 e. The molecule has 0 amide bonds. The molecule has 5 heteroatoms. The van der Waals surface area contributed by atoms with E-state index in [0.717, 1.165) is 31.0 Å². The highest BCUT2D eigenvalue weighted by atomic mass is 16.5. The van der Waals surface area contributed by atoms with Gasteiger partial charge in [-0.1, -0.05) is 0 Å². The lowest BCUT2D eigenvalue weighted by Gasteiger charge is -2.17. The number of ether oxygens (including phenoxy) is 1. The standard InChI is InChI=1S/C8H14N4O/c1-13-5-7-10-8-3-2-6(9)4-12(8)11-7/h6H,2-5,9H2,1H3. The van der Waals surface area contributed by atoms with Crippen LogP contribution in [0.1, 0.15) is 18.1 Å². The van der Waals surface area contributed by atoms with Crippen molar-refractivity contribution in [3.8, 4) is 0 Å². The minimum Gasteiger partial charge on any atom is -0.377 e. The van der Waals surface area contributed by atoms with Crippen molar-refractivity contribution in [2.24, 2.45) is 5.73 Å². The molecule has 1 aliphatic rings. The Morgan fingerprint density at radius 1 is 1.69 bits per heavy atom. The van der Waals surface area contributed by atoms with Crippen LogP contribution in [0.3, 0.4) is 0 Å². The lowest BCUT2D eigenvalue weighted by atomic mass is 10.1. The van der Waals surface area contributed by atoms with Crippen molar-refractivity contribution in [3.05, 3.63) is 11.6 Å². The average molecular weight is 182 g/mol. The smallest absolute Gasteiger partial charge is 0.176 e. The van der Waals surface area contributed by atoms with Gasteiger partial charge < -0.3 is 10.5 Å². The fraction of sp³-hybridized carbons (Fsp3) is 0.750. The van der Waals surface area contributed by atoms with Crippen LogP contribution in [0.5, 0.6) is 0 Å². The first kappa shape index (κ1) is 8.65. The number of nitrogens with two attached hydrogens (primary N) is 1. The molecular formula is C8H14N4O. The van der Waals surface area contributed by atoms with Gasteiger partial charge in [-0.15, -0.1) is 0 Å². The third-order valence-electron chi connectivity index (χ3n) is 2.21. The molecule has 1 atom stereocenters. The molecule has 1 unspecified atom stereocenters. The predicted octanol–water partition coefficient (Wildman–Crippen LogP) is -0.302. The molecule has 2 rings (SSSR count). The van der Waals surface area contributed by atoms with Crippen LogP contribution < -0.4 is 5.73 Å². The fourth-order valence-electron chi connectivity index (χ4n) is 1.58. The van der Waals surface area contributed by atoms with Crippen LogP contribution in [0.2, 0.25) is 0 Å². The number of aromatic nitrogens is 3. The summed E-state index contributed by atoms with van der Waals surface area (Å²) in [5, 5.41) is 4.29. The summed E-state index contributed by atoms with van der Waals surface area (Å²) < 4.78 is 6.85. The summed E-state index contributed by atoms with van der Waals surface area (Å²) in [6, 6.07) is 0.226. The van der Waals surface area contributed by atoms with Gasteiger partial charge in [-0.05, 0) is 6.42 Å². The van der Waals surface area contributed by atoms with Gasteiger partial charge >= 0.3 is 0 Å². The van der Waals surface area contributed by atoms with E-state index in [9.17, 15) is 0 Å². The summed E-state index contributed by atoms with van der Waals surface area (Å²) in [4.78, 5) is 4.35. The quantitative estimate of drug-likeness (QED) is 0.681. The SMILES string of the molecule is COCc1nc2n(n1)CC(N)CC2. The molecule has 13 heavy (non-hydrogen) atoms. The lowest BCUT2D eigenvalue weighted by molar-refractivity contribution is 0.177. The number of hydrogen-bond acceptors (Lipinski definition) is 4. The van der Waals surface area contributed by atoms with Crippen LogP contribution >= 0.6 is 0 Å². The molecule has 0 spiro atoms. The number of aryl methyl sites for hydroxylation is 1. The maximum atomic E-state index is 5.81. The summed E-state index contributed by atoms with van der Waals surface area (Å²) in [6.45, 7) is 1.27. The molecule has 0 aromatic carbocycles. The van der Waals surface area contributed by atoms with Gasteiger partial charge in [0.15, 0.2) is 5.82 Å². The zero-order valence-electron chi connectivity index (χ0n) is 7.73. The van der Waals surface area contributed by atoms with E-state index in [4.69, 9.17) is 10.5 Å². The molecule has 1 aromatic heterocycles. The number of hydrogen-bond donors (Lipinski definition) is 1. The van der Waals surface area contributed by atoms with Gasteiger partial charge in [-0.25, -0.2) is 9.67 Å². The molecule has 0 aliphatic carbocycles. The number of nitrogens with zero attached hydrogens (tertiary/aromatic N) is 3. The van der Waals surface area contributed by atoms with E-state index in [1.165, 1.54) is 0 Å². The second-order valence-corrected chi connectivity index (χ2v) is 3.36. The average Bonchev–Trinajstić information content (AvgIpc) is 2.46. The zero-order valence-corrected chi connectivity index (χ0v) is 7.73. The number of fused-ring (bicyclic) bond motifs is 1. The van der Waals surface area contributed by atoms with Crippen LogP contribution in [0.25, 0.3) is 0 Å². The van der Waals surface area contributed by atoms with Gasteiger partial charge in [-0.3, -0.25) is 0 Å². The molecule has 1 aromatic rings. The Balaban J connectivity index is 2.18. The van der Waals surface area contributed by atoms with Gasteiger partial charge in [0.1, 0.15) is 12.4 Å². The molecule has 0 saturated heterocycles. The monoisotopic (exact) mass is 182 g/mol. The van der Waals surface area contributed by atoms with Crippen molar-refractivity contribution in [2.45, 2.75) is 32.0 Å². The van der Waals surface area contributed by atoms with E-state index in [-0.39, 0.29) is 6.04 Å². The summed E-state index contributed by atoms with van der Waals surface area (Å²) in [5.41, 5.74) is 5.81. The maximum absolute atomic E-state index is 5.81. The summed E-state index contributed by atoms with van der Waals surface area (Å²) in [6.07, 6.45) is 1.93. The highest BCUT2D eigenvalue weighted by Crippen LogP contribution is 2.11. The molecule has 0 saturated carbocycles. The van der Waals surface area contributed by atoms with E-state index >= 15 is 0 Å². The first-order chi connectivity index (χ1) is 6.29. The Morgan fingerprint density at radius 2 is 2.54 bits per heavy atom. The van der Waals surface area contributed by atoms with Crippen molar-refractivity contribution >= 4 is 0 Å². The highest BCUT2D eigenvalue weighted by molar-refractivity contribution is 4.96. The van der Waals surface area contributed by atoms with Crippen molar-refractivity contribution in [3.63, 3.8) is 0 Å². The lowest BCUT2D eigenvalue weighted by Crippen LogP contribution is -2.32. The molecule has 0 bridgehead atoms. The minimum atomic E-state index is 0.226. The normalized spacial score (nSPS) is 21.5.